The van der Waals surface area contributed by atoms with E-state index in [2.05, 4.69) is 80.7 Å². The van der Waals surface area contributed by atoms with Crippen LogP contribution in [0.4, 0.5) is 5.69 Å². The van der Waals surface area contributed by atoms with Gasteiger partial charge in [0.05, 0.1) is 12.1 Å². The van der Waals surface area contributed by atoms with Gasteiger partial charge in [-0.05, 0) is 61.9 Å². The van der Waals surface area contributed by atoms with Crippen LogP contribution in [0.2, 0.25) is 0 Å². The number of rotatable bonds is 4. The second kappa shape index (κ2) is 6.59. The van der Waals surface area contributed by atoms with Crippen molar-refractivity contribution in [1.82, 2.24) is 0 Å². The Balaban J connectivity index is 1.69. The van der Waals surface area contributed by atoms with E-state index in [1.807, 2.05) is 0 Å². The first kappa shape index (κ1) is 16.3. The molecule has 0 aromatic heterocycles. The van der Waals surface area contributed by atoms with Crippen molar-refractivity contribution in [3.05, 3.63) is 71.3 Å². The molecule has 1 aliphatic heterocycles. The average Bonchev–Trinajstić information content (AvgIpc) is 3.11. The number of hydrogen-bond donors (Lipinski definition) is 1. The molecule has 25 heavy (non-hydrogen) atoms. The van der Waals surface area contributed by atoms with Crippen LogP contribution in [-0.4, -0.2) is 6.10 Å². The summed E-state index contributed by atoms with van der Waals surface area (Å²) in [5.41, 5.74) is 5.34. The number of anilines is 1. The number of nitrogens with one attached hydrogen (secondary N) is 1. The smallest absolute Gasteiger partial charge is 0.120 e. The van der Waals surface area contributed by atoms with Crippen LogP contribution < -0.4 is 10.1 Å². The molecule has 2 aliphatic rings. The number of hydrogen-bond acceptors (Lipinski definition) is 2. The van der Waals surface area contributed by atoms with E-state index in [0.29, 0.717) is 17.9 Å². The van der Waals surface area contributed by atoms with Crippen LogP contribution in [0.25, 0.3) is 0 Å². The van der Waals surface area contributed by atoms with Crippen molar-refractivity contribution in [2.75, 3.05) is 5.32 Å². The monoisotopic (exact) mass is 333 g/mol. The van der Waals surface area contributed by atoms with Crippen molar-refractivity contribution in [3.8, 4) is 5.75 Å². The molecule has 0 spiro atoms. The highest BCUT2D eigenvalue weighted by Crippen LogP contribution is 2.50. The van der Waals surface area contributed by atoms with Gasteiger partial charge in [-0.25, -0.2) is 0 Å². The maximum Gasteiger partial charge on any atom is 0.120 e. The highest BCUT2D eigenvalue weighted by Gasteiger charge is 2.38. The Labute approximate surface area is 150 Å². The van der Waals surface area contributed by atoms with Gasteiger partial charge in [-0.1, -0.05) is 48.9 Å². The molecule has 0 amide bonds. The van der Waals surface area contributed by atoms with Gasteiger partial charge in [-0.3, -0.25) is 0 Å². The van der Waals surface area contributed by atoms with E-state index < -0.39 is 0 Å². The third kappa shape index (κ3) is 3.06. The van der Waals surface area contributed by atoms with Crippen molar-refractivity contribution in [1.29, 1.82) is 0 Å². The molecule has 0 saturated heterocycles. The zero-order valence-electron chi connectivity index (χ0n) is 15.3. The van der Waals surface area contributed by atoms with Crippen molar-refractivity contribution >= 4 is 5.69 Å². The number of ether oxygens (including phenoxy) is 1. The molecule has 4 atom stereocenters. The van der Waals surface area contributed by atoms with E-state index in [-0.39, 0.29) is 6.10 Å². The fraction of sp³-hybridized carbons (Fsp3) is 0.391. The Morgan fingerprint density at radius 1 is 1.20 bits per heavy atom. The highest BCUT2D eigenvalue weighted by atomic mass is 16.5. The summed E-state index contributed by atoms with van der Waals surface area (Å²) in [4.78, 5) is 0. The normalized spacial score (nSPS) is 25.0. The molecule has 1 aliphatic carbocycles. The molecule has 0 bridgehead atoms. The molecule has 130 valence electrons. The summed E-state index contributed by atoms with van der Waals surface area (Å²) in [6, 6.07) is 15.8. The largest absolute Gasteiger partial charge is 0.491 e. The van der Waals surface area contributed by atoms with Crippen LogP contribution in [-0.2, 0) is 0 Å². The number of allylic oxidation sites excluding steroid dienone is 2. The maximum absolute atomic E-state index is 6.05. The van der Waals surface area contributed by atoms with E-state index in [1.54, 1.807) is 0 Å². The summed E-state index contributed by atoms with van der Waals surface area (Å²) in [6.45, 7) is 6.46. The van der Waals surface area contributed by atoms with Gasteiger partial charge in [0, 0.05) is 11.6 Å². The molecule has 2 aromatic rings. The minimum Gasteiger partial charge on any atom is -0.491 e. The first-order valence-corrected chi connectivity index (χ1v) is 9.46. The quantitative estimate of drug-likeness (QED) is 0.693. The van der Waals surface area contributed by atoms with Crippen molar-refractivity contribution in [2.24, 2.45) is 5.92 Å². The molecule has 2 nitrogen and oxygen atoms in total. The van der Waals surface area contributed by atoms with Gasteiger partial charge in [-0.15, -0.1) is 0 Å². The van der Waals surface area contributed by atoms with Crippen LogP contribution in [0.5, 0.6) is 5.75 Å². The standard InChI is InChI=1S/C23H27NO/c1-4-16(3)25-18-11-12-22-21(14-18)19-9-6-10-20(19)23(24-22)17-8-5-7-15(2)13-17/h5-9,11-14,16,19-20,23-24H,4,10H2,1-3H3. The van der Waals surface area contributed by atoms with Crippen LogP contribution in [0.3, 0.4) is 0 Å². The van der Waals surface area contributed by atoms with Crippen LogP contribution in [0, 0.1) is 12.8 Å². The molecule has 0 radical (unpaired) electrons. The summed E-state index contributed by atoms with van der Waals surface area (Å²) in [7, 11) is 0. The van der Waals surface area contributed by atoms with E-state index in [0.717, 1.165) is 18.6 Å². The van der Waals surface area contributed by atoms with Gasteiger partial charge in [0.15, 0.2) is 0 Å². The van der Waals surface area contributed by atoms with Gasteiger partial charge in [-0.2, -0.15) is 0 Å². The van der Waals surface area contributed by atoms with Gasteiger partial charge < -0.3 is 10.1 Å². The lowest BCUT2D eigenvalue weighted by molar-refractivity contribution is 0.217. The topological polar surface area (TPSA) is 21.3 Å². The van der Waals surface area contributed by atoms with Gasteiger partial charge in [0.25, 0.3) is 0 Å². The van der Waals surface area contributed by atoms with Gasteiger partial charge >= 0.3 is 0 Å². The van der Waals surface area contributed by atoms with E-state index in [4.69, 9.17) is 4.74 Å². The first-order valence-electron chi connectivity index (χ1n) is 9.46. The van der Waals surface area contributed by atoms with Crippen molar-refractivity contribution in [2.45, 2.75) is 51.7 Å². The number of fused-ring (bicyclic) bond motifs is 3. The number of benzene rings is 2. The number of aryl methyl sites for hydroxylation is 1. The Bertz CT molecular complexity index is 794. The predicted octanol–water partition coefficient (Wildman–Crippen LogP) is 6.00. The van der Waals surface area contributed by atoms with Gasteiger partial charge in [0.1, 0.15) is 5.75 Å². The Hall–Kier alpha value is -2.22. The lowest BCUT2D eigenvalue weighted by Gasteiger charge is -2.38. The van der Waals surface area contributed by atoms with Crippen LogP contribution in [0.1, 0.15) is 55.3 Å². The zero-order valence-corrected chi connectivity index (χ0v) is 15.3. The second-order valence-electron chi connectivity index (χ2n) is 7.48. The fourth-order valence-electron chi connectivity index (χ4n) is 4.16. The molecule has 4 unspecified atom stereocenters. The lowest BCUT2D eigenvalue weighted by Crippen LogP contribution is -2.29. The third-order valence-electron chi connectivity index (χ3n) is 5.65. The third-order valence-corrected chi connectivity index (χ3v) is 5.65. The SMILES string of the molecule is CCC(C)Oc1ccc2c(c1)C1C=CCC1C(c1cccc(C)c1)N2. The van der Waals surface area contributed by atoms with E-state index in [1.165, 1.54) is 22.4 Å². The summed E-state index contributed by atoms with van der Waals surface area (Å²) in [5, 5.41) is 3.81. The highest BCUT2D eigenvalue weighted by molar-refractivity contribution is 5.61. The summed E-state index contributed by atoms with van der Waals surface area (Å²) in [5.74, 6) is 2.04. The summed E-state index contributed by atoms with van der Waals surface area (Å²) >= 11 is 0. The lowest BCUT2D eigenvalue weighted by atomic mass is 9.77. The molecule has 0 fully saturated rings. The summed E-state index contributed by atoms with van der Waals surface area (Å²) in [6.07, 6.45) is 7.14. The molecule has 1 heterocycles. The van der Waals surface area contributed by atoms with E-state index >= 15 is 0 Å². The molecule has 2 heteroatoms. The minimum atomic E-state index is 0.254. The second-order valence-corrected chi connectivity index (χ2v) is 7.48. The maximum atomic E-state index is 6.05. The van der Waals surface area contributed by atoms with Crippen LogP contribution in [0.15, 0.2) is 54.6 Å². The zero-order chi connectivity index (χ0) is 17.4. The predicted molar refractivity (Wildman–Crippen MR) is 104 cm³/mol. The average molecular weight is 333 g/mol. The fourth-order valence-corrected chi connectivity index (χ4v) is 4.16. The van der Waals surface area contributed by atoms with Crippen LogP contribution >= 0.6 is 0 Å². The molecular weight excluding hydrogens is 306 g/mol. The molecule has 4 rings (SSSR count). The Morgan fingerprint density at radius 2 is 2.08 bits per heavy atom. The first-order chi connectivity index (χ1) is 12.2. The Morgan fingerprint density at radius 3 is 2.88 bits per heavy atom. The Kier molecular flexibility index (Phi) is 4.29. The molecule has 0 saturated carbocycles. The van der Waals surface area contributed by atoms with Gasteiger partial charge in [0.2, 0.25) is 0 Å². The van der Waals surface area contributed by atoms with Crippen molar-refractivity contribution in [3.63, 3.8) is 0 Å². The van der Waals surface area contributed by atoms with E-state index in [9.17, 15) is 0 Å². The molecule has 1 N–H and O–H groups in total. The minimum absolute atomic E-state index is 0.254. The molecular formula is C23H27NO. The summed E-state index contributed by atoms with van der Waals surface area (Å²) < 4.78 is 6.05. The van der Waals surface area contributed by atoms with Crippen molar-refractivity contribution < 1.29 is 4.74 Å². The molecule has 2 aromatic carbocycles.